The molecule has 0 atom stereocenters. The first-order chi connectivity index (χ1) is 10.8. The van der Waals surface area contributed by atoms with Crippen LogP contribution in [0.25, 0.3) is 5.57 Å². The summed E-state index contributed by atoms with van der Waals surface area (Å²) in [4.78, 5) is 30.8. The number of carbonyl (C=O) groups excluding carboxylic acids is 2. The fourth-order valence-electron chi connectivity index (χ4n) is 2.12. The van der Waals surface area contributed by atoms with Crippen LogP contribution in [0, 0.1) is 0 Å². The van der Waals surface area contributed by atoms with E-state index in [1.54, 1.807) is 20.8 Å². The highest BCUT2D eigenvalue weighted by Crippen LogP contribution is 2.30. The van der Waals surface area contributed by atoms with Crippen LogP contribution in [0.3, 0.4) is 0 Å². The van der Waals surface area contributed by atoms with Gasteiger partial charge in [-0.25, -0.2) is 14.7 Å². The van der Waals surface area contributed by atoms with Crippen molar-refractivity contribution in [2.24, 2.45) is 5.73 Å². The Morgan fingerprint density at radius 2 is 2.13 bits per heavy atom. The molecular weight excluding hydrogens is 314 g/mol. The summed E-state index contributed by atoms with van der Waals surface area (Å²) in [5.41, 5.74) is 6.43. The van der Waals surface area contributed by atoms with Gasteiger partial charge in [-0.05, 0) is 27.7 Å². The Bertz CT molecular complexity index is 683. The fraction of sp³-hybridized carbons (Fsp3) is 0.438. The van der Waals surface area contributed by atoms with Crippen molar-refractivity contribution in [3.05, 3.63) is 33.9 Å². The van der Waals surface area contributed by atoms with Crippen LogP contribution in [0.2, 0.25) is 0 Å². The van der Waals surface area contributed by atoms with E-state index in [0.29, 0.717) is 22.0 Å². The minimum atomic E-state index is -0.641. The number of aromatic nitrogens is 1. The predicted molar refractivity (Wildman–Crippen MR) is 90.1 cm³/mol. The number of fused-ring (bicyclic) bond motifs is 1. The molecule has 2 amide bonds. The molecule has 6 nitrogen and oxygen atoms in total. The number of thiazole rings is 1. The maximum absolute atomic E-state index is 12.6. The van der Waals surface area contributed by atoms with Gasteiger partial charge in [0.15, 0.2) is 0 Å². The molecule has 1 aliphatic rings. The molecule has 23 heavy (non-hydrogen) atoms. The van der Waals surface area contributed by atoms with E-state index >= 15 is 0 Å². The Hall–Kier alpha value is -2.15. The van der Waals surface area contributed by atoms with Crippen LogP contribution < -0.4 is 5.73 Å². The summed E-state index contributed by atoms with van der Waals surface area (Å²) in [6.07, 6.45) is 5.05. The van der Waals surface area contributed by atoms with Crippen molar-refractivity contribution >= 4 is 28.9 Å². The first kappa shape index (κ1) is 17.2. The van der Waals surface area contributed by atoms with Crippen LogP contribution in [0.4, 0.5) is 4.79 Å². The predicted octanol–water partition coefficient (Wildman–Crippen LogP) is 2.95. The number of ether oxygens (including phenoxy) is 1. The first-order valence-electron chi connectivity index (χ1n) is 7.36. The van der Waals surface area contributed by atoms with Gasteiger partial charge in [0.25, 0.3) is 5.91 Å². The van der Waals surface area contributed by atoms with Crippen molar-refractivity contribution in [2.45, 2.75) is 39.7 Å². The van der Waals surface area contributed by atoms with Gasteiger partial charge < -0.3 is 10.5 Å². The minimum Gasteiger partial charge on any atom is -0.443 e. The second-order valence-corrected chi connectivity index (χ2v) is 7.10. The molecule has 0 saturated heterocycles. The van der Waals surface area contributed by atoms with E-state index in [2.05, 4.69) is 4.98 Å². The van der Waals surface area contributed by atoms with E-state index in [4.69, 9.17) is 10.5 Å². The molecule has 0 bridgehead atoms. The number of carbonyl (C=O) groups is 2. The lowest BCUT2D eigenvalue weighted by atomic mass is 10.1. The van der Waals surface area contributed by atoms with Crippen molar-refractivity contribution in [2.75, 3.05) is 6.54 Å². The summed E-state index contributed by atoms with van der Waals surface area (Å²) in [6, 6.07) is 0. The summed E-state index contributed by atoms with van der Waals surface area (Å²) < 4.78 is 5.28. The van der Waals surface area contributed by atoms with Crippen molar-refractivity contribution in [1.82, 2.24) is 9.88 Å². The van der Waals surface area contributed by atoms with E-state index in [1.807, 2.05) is 19.1 Å². The largest absolute Gasteiger partial charge is 0.443 e. The van der Waals surface area contributed by atoms with Gasteiger partial charge >= 0.3 is 6.09 Å². The fourth-order valence-corrected chi connectivity index (χ4v) is 3.19. The van der Waals surface area contributed by atoms with Crippen LogP contribution >= 0.6 is 11.3 Å². The summed E-state index contributed by atoms with van der Waals surface area (Å²) in [5.74, 6) is -0.360. The van der Waals surface area contributed by atoms with Crippen LogP contribution in [0.15, 0.2) is 18.4 Å². The highest BCUT2D eigenvalue weighted by molar-refractivity contribution is 7.15. The van der Waals surface area contributed by atoms with Crippen LogP contribution in [-0.2, 0) is 11.2 Å². The Kier molecular flexibility index (Phi) is 4.89. The second-order valence-electron chi connectivity index (χ2n) is 6.10. The van der Waals surface area contributed by atoms with Crippen LogP contribution in [0.5, 0.6) is 0 Å². The number of nitrogens with two attached hydrogens (primary N) is 1. The zero-order valence-corrected chi connectivity index (χ0v) is 14.6. The smallest absolute Gasteiger partial charge is 0.417 e. The van der Waals surface area contributed by atoms with Gasteiger partial charge in [0.2, 0.25) is 0 Å². The molecule has 0 radical (unpaired) electrons. The third kappa shape index (κ3) is 3.79. The van der Waals surface area contributed by atoms with Gasteiger partial charge in [-0.15, -0.1) is 11.3 Å². The van der Waals surface area contributed by atoms with E-state index < -0.39 is 11.7 Å². The normalized spacial score (nSPS) is 15.9. The quantitative estimate of drug-likeness (QED) is 0.840. The standard InChI is InChI=1S/C16H21N3O3S/c1-5-6-10(9-17)13-18-11-7-8-19(14(20)12(11)23-13)15(21)22-16(2,3)4/h5-6,9H,7-8,17H2,1-4H3/b6-5-,10-9+. The highest BCUT2D eigenvalue weighted by Gasteiger charge is 2.35. The van der Waals surface area contributed by atoms with E-state index in [-0.39, 0.29) is 12.5 Å². The molecule has 2 rings (SSSR count). The SMILES string of the molecule is C/C=C\C(=C/N)c1nc2c(s1)C(=O)N(C(=O)OC(C)(C)C)CC2. The number of imide groups is 1. The lowest BCUT2D eigenvalue weighted by Crippen LogP contribution is -2.44. The molecule has 0 fully saturated rings. The van der Waals surface area contributed by atoms with E-state index in [0.717, 1.165) is 10.5 Å². The molecule has 124 valence electrons. The van der Waals surface area contributed by atoms with Crippen molar-refractivity contribution < 1.29 is 14.3 Å². The average molecular weight is 335 g/mol. The molecule has 0 aliphatic carbocycles. The first-order valence-corrected chi connectivity index (χ1v) is 8.18. The molecular formula is C16H21N3O3S. The number of amides is 2. The molecule has 7 heteroatoms. The Balaban J connectivity index is 2.27. The Labute approximate surface area is 139 Å². The highest BCUT2D eigenvalue weighted by atomic mass is 32.1. The molecule has 0 spiro atoms. The van der Waals surface area contributed by atoms with Gasteiger partial charge in [0.05, 0.1) is 5.69 Å². The van der Waals surface area contributed by atoms with Crippen LogP contribution in [0.1, 0.15) is 48.1 Å². The Morgan fingerprint density at radius 3 is 2.70 bits per heavy atom. The minimum absolute atomic E-state index is 0.273. The van der Waals surface area contributed by atoms with Crippen molar-refractivity contribution in [3.8, 4) is 0 Å². The third-order valence-electron chi connectivity index (χ3n) is 3.10. The monoisotopic (exact) mass is 335 g/mol. The Morgan fingerprint density at radius 1 is 1.43 bits per heavy atom. The van der Waals surface area contributed by atoms with E-state index in [1.165, 1.54) is 17.5 Å². The maximum atomic E-state index is 12.6. The lowest BCUT2D eigenvalue weighted by molar-refractivity contribution is 0.0235. The topological polar surface area (TPSA) is 85.5 Å². The van der Waals surface area contributed by atoms with Gasteiger partial charge in [-0.3, -0.25) is 4.79 Å². The van der Waals surface area contributed by atoms with Gasteiger partial charge in [-0.1, -0.05) is 12.2 Å². The number of rotatable bonds is 2. The molecule has 2 heterocycles. The van der Waals surface area contributed by atoms with Gasteiger partial charge in [0.1, 0.15) is 15.5 Å². The summed E-state index contributed by atoms with van der Waals surface area (Å²) in [7, 11) is 0. The average Bonchev–Trinajstić information content (AvgIpc) is 2.87. The van der Waals surface area contributed by atoms with E-state index in [9.17, 15) is 9.59 Å². The number of hydrogen-bond acceptors (Lipinski definition) is 6. The summed E-state index contributed by atoms with van der Waals surface area (Å²) >= 11 is 1.25. The number of nitrogens with zero attached hydrogens (tertiary/aromatic N) is 2. The van der Waals surface area contributed by atoms with Crippen molar-refractivity contribution in [3.63, 3.8) is 0 Å². The summed E-state index contributed by atoms with van der Waals surface area (Å²) in [6.45, 7) is 7.46. The summed E-state index contributed by atoms with van der Waals surface area (Å²) in [5, 5.41) is 0.676. The lowest BCUT2D eigenvalue weighted by Gasteiger charge is -2.27. The zero-order valence-electron chi connectivity index (χ0n) is 13.8. The molecule has 1 aromatic rings. The maximum Gasteiger partial charge on any atom is 0.417 e. The molecule has 2 N–H and O–H groups in total. The molecule has 1 aromatic heterocycles. The van der Waals surface area contributed by atoms with Gasteiger partial charge in [-0.2, -0.15) is 0 Å². The number of hydrogen-bond donors (Lipinski definition) is 1. The molecule has 1 aliphatic heterocycles. The van der Waals surface area contributed by atoms with Crippen LogP contribution in [-0.4, -0.2) is 34.0 Å². The van der Waals surface area contributed by atoms with Crippen molar-refractivity contribution in [1.29, 1.82) is 0 Å². The second kappa shape index (κ2) is 6.54. The zero-order chi connectivity index (χ0) is 17.2. The molecule has 0 saturated carbocycles. The molecule has 0 unspecified atom stereocenters. The van der Waals surface area contributed by atoms with Gasteiger partial charge in [0, 0.05) is 24.7 Å². The number of allylic oxidation sites excluding steroid dienone is 3. The third-order valence-corrected chi connectivity index (χ3v) is 4.23. The molecule has 0 aromatic carbocycles.